The summed E-state index contributed by atoms with van der Waals surface area (Å²) >= 11 is 9.26. The fourth-order valence-electron chi connectivity index (χ4n) is 1.61. The van der Waals surface area contributed by atoms with Crippen LogP contribution in [0.2, 0.25) is 5.02 Å². The Labute approximate surface area is 99.4 Å². The van der Waals surface area contributed by atoms with E-state index >= 15 is 0 Å². The normalized spacial score (nSPS) is 10.9. The number of hydrogen-bond acceptors (Lipinski definition) is 1. The number of aryl methyl sites for hydroxylation is 1. The zero-order chi connectivity index (χ0) is 11.2. The van der Waals surface area contributed by atoms with Crippen LogP contribution in [0.1, 0.15) is 5.69 Å². The Morgan fingerprint density at radius 1 is 1.53 bits per heavy atom. The van der Waals surface area contributed by atoms with Gasteiger partial charge in [-0.15, -0.1) is 0 Å². The highest BCUT2D eigenvalue weighted by Crippen LogP contribution is 2.32. The summed E-state index contributed by atoms with van der Waals surface area (Å²) in [4.78, 5) is 11.0. The van der Waals surface area contributed by atoms with E-state index in [0.717, 1.165) is 9.86 Å². The van der Waals surface area contributed by atoms with Crippen LogP contribution in [0.15, 0.2) is 22.7 Å². The lowest BCUT2D eigenvalue weighted by molar-refractivity contribution is 0.197. The van der Waals surface area contributed by atoms with Crippen molar-refractivity contribution in [3.63, 3.8) is 0 Å². The van der Waals surface area contributed by atoms with Gasteiger partial charge in [0.2, 0.25) is 0 Å². The van der Waals surface area contributed by atoms with Gasteiger partial charge in [-0.1, -0.05) is 11.6 Å². The van der Waals surface area contributed by atoms with Crippen LogP contribution < -0.4 is 0 Å². The summed E-state index contributed by atoms with van der Waals surface area (Å²) in [6, 6.07) is 5.16. The molecule has 0 bridgehead atoms. The minimum absolute atomic E-state index is 0.574. The molecular weight excluding hydrogens is 281 g/mol. The van der Waals surface area contributed by atoms with Gasteiger partial charge in [0.25, 0.3) is 0 Å². The smallest absolute Gasteiger partial charge is 0.416 e. The molecule has 0 aliphatic rings. The summed E-state index contributed by atoms with van der Waals surface area (Å²) in [5.74, 6) is 0. The molecule has 0 spiro atoms. The molecule has 78 valence electrons. The molecule has 0 atom stereocenters. The molecule has 0 aliphatic heterocycles. The van der Waals surface area contributed by atoms with Gasteiger partial charge < -0.3 is 5.11 Å². The molecule has 0 saturated carbocycles. The summed E-state index contributed by atoms with van der Waals surface area (Å²) in [6.45, 7) is 1.74. The molecule has 0 radical (unpaired) electrons. The van der Waals surface area contributed by atoms with Gasteiger partial charge in [0, 0.05) is 15.6 Å². The monoisotopic (exact) mass is 287 g/mol. The number of benzene rings is 1. The largest absolute Gasteiger partial charge is 0.464 e. The van der Waals surface area contributed by atoms with Crippen LogP contribution in [0.25, 0.3) is 10.9 Å². The molecule has 0 unspecified atom stereocenters. The van der Waals surface area contributed by atoms with Crippen molar-refractivity contribution in [2.24, 2.45) is 0 Å². The van der Waals surface area contributed by atoms with Crippen molar-refractivity contribution in [3.05, 3.63) is 33.4 Å². The maximum Gasteiger partial charge on any atom is 0.416 e. The van der Waals surface area contributed by atoms with Crippen LogP contribution in [0, 0.1) is 6.92 Å². The fourth-order valence-corrected chi connectivity index (χ4v) is 2.22. The van der Waals surface area contributed by atoms with Gasteiger partial charge in [-0.2, -0.15) is 0 Å². The molecule has 0 aliphatic carbocycles. The van der Waals surface area contributed by atoms with Gasteiger partial charge in [0.15, 0.2) is 0 Å². The third kappa shape index (κ3) is 1.54. The topological polar surface area (TPSA) is 42.2 Å². The fraction of sp³-hybridized carbons (Fsp3) is 0.100. The molecule has 1 heterocycles. The van der Waals surface area contributed by atoms with Gasteiger partial charge in [0.1, 0.15) is 0 Å². The predicted molar refractivity (Wildman–Crippen MR) is 62.8 cm³/mol. The molecule has 5 heteroatoms. The Morgan fingerprint density at radius 2 is 2.20 bits per heavy atom. The highest BCUT2D eigenvalue weighted by atomic mass is 79.9. The van der Waals surface area contributed by atoms with E-state index in [-0.39, 0.29) is 0 Å². The Balaban J connectivity index is 2.91. The number of hydrogen-bond donors (Lipinski definition) is 1. The van der Waals surface area contributed by atoms with E-state index < -0.39 is 6.09 Å². The first kappa shape index (κ1) is 10.5. The van der Waals surface area contributed by atoms with Crippen molar-refractivity contribution in [2.45, 2.75) is 6.92 Å². The molecular formula is C10H7BrClNO2. The lowest BCUT2D eigenvalue weighted by Crippen LogP contribution is -2.08. The van der Waals surface area contributed by atoms with E-state index in [4.69, 9.17) is 16.7 Å². The lowest BCUT2D eigenvalue weighted by Gasteiger charge is -2.01. The maximum absolute atomic E-state index is 11.0. The summed E-state index contributed by atoms with van der Waals surface area (Å²) in [7, 11) is 0. The van der Waals surface area contributed by atoms with Crippen LogP contribution in [0.5, 0.6) is 0 Å². The summed E-state index contributed by atoms with van der Waals surface area (Å²) in [6.07, 6.45) is -0.989. The van der Waals surface area contributed by atoms with Crippen LogP contribution >= 0.6 is 27.5 Å². The Kier molecular flexibility index (Phi) is 2.48. The van der Waals surface area contributed by atoms with Crippen molar-refractivity contribution < 1.29 is 9.90 Å². The van der Waals surface area contributed by atoms with E-state index in [1.807, 2.05) is 0 Å². The second kappa shape index (κ2) is 3.54. The van der Waals surface area contributed by atoms with Crippen molar-refractivity contribution in [2.75, 3.05) is 0 Å². The molecule has 1 N–H and O–H groups in total. The molecule has 0 amide bonds. The van der Waals surface area contributed by atoms with E-state index in [9.17, 15) is 4.79 Å². The average Bonchev–Trinajstić information content (AvgIpc) is 2.49. The van der Waals surface area contributed by atoms with Crippen LogP contribution in [-0.4, -0.2) is 15.8 Å². The van der Waals surface area contributed by atoms with Crippen molar-refractivity contribution in [3.8, 4) is 0 Å². The molecule has 0 fully saturated rings. The number of nitrogens with zero attached hydrogens (tertiary/aromatic N) is 1. The first-order chi connectivity index (χ1) is 7.02. The summed E-state index contributed by atoms with van der Waals surface area (Å²) in [5, 5.41) is 10.4. The number of halogens is 2. The number of rotatable bonds is 0. The predicted octanol–water partition coefficient (Wildman–Crippen LogP) is 3.89. The summed E-state index contributed by atoms with van der Waals surface area (Å²) < 4.78 is 1.96. The highest BCUT2D eigenvalue weighted by molar-refractivity contribution is 9.10. The van der Waals surface area contributed by atoms with E-state index in [0.29, 0.717) is 16.2 Å². The van der Waals surface area contributed by atoms with E-state index in [1.54, 1.807) is 25.1 Å². The van der Waals surface area contributed by atoms with Crippen molar-refractivity contribution in [1.82, 2.24) is 4.57 Å². The Bertz CT molecular complexity index is 562. The second-order valence-electron chi connectivity index (χ2n) is 3.20. The SMILES string of the molecule is Cc1cc2c(Br)c(Cl)ccc2n1C(=O)O. The first-order valence-corrected chi connectivity index (χ1v) is 5.39. The van der Waals surface area contributed by atoms with Crippen molar-refractivity contribution in [1.29, 1.82) is 0 Å². The third-order valence-electron chi connectivity index (χ3n) is 2.25. The quantitative estimate of drug-likeness (QED) is 0.799. The number of fused-ring (bicyclic) bond motifs is 1. The molecule has 15 heavy (non-hydrogen) atoms. The third-order valence-corrected chi connectivity index (χ3v) is 3.65. The van der Waals surface area contributed by atoms with Crippen molar-refractivity contribution >= 4 is 44.5 Å². The summed E-state index contributed by atoms with van der Waals surface area (Å²) in [5.41, 5.74) is 1.30. The maximum atomic E-state index is 11.0. The minimum atomic E-state index is -0.989. The van der Waals surface area contributed by atoms with Gasteiger partial charge in [-0.3, -0.25) is 0 Å². The Morgan fingerprint density at radius 3 is 2.80 bits per heavy atom. The Hall–Kier alpha value is -1.00. The van der Waals surface area contributed by atoms with E-state index in [2.05, 4.69) is 15.9 Å². The van der Waals surface area contributed by atoms with E-state index in [1.165, 1.54) is 4.57 Å². The van der Waals surface area contributed by atoms with Crippen LogP contribution in [0.3, 0.4) is 0 Å². The molecule has 0 saturated heterocycles. The molecule has 2 aromatic rings. The number of carboxylic acid groups (broad SMARTS) is 1. The standard InChI is InChI=1S/C10H7BrClNO2/c1-5-4-6-8(13(5)10(14)15)3-2-7(12)9(6)11/h2-4H,1H3,(H,14,15). The zero-order valence-electron chi connectivity index (χ0n) is 7.79. The highest BCUT2D eigenvalue weighted by Gasteiger charge is 2.14. The molecule has 1 aromatic heterocycles. The van der Waals surface area contributed by atoms with Gasteiger partial charge in [-0.25, -0.2) is 9.36 Å². The van der Waals surface area contributed by atoms with Gasteiger partial charge in [-0.05, 0) is 41.1 Å². The van der Waals surface area contributed by atoms with Crippen LogP contribution in [-0.2, 0) is 0 Å². The number of carbonyl (C=O) groups is 1. The molecule has 2 rings (SSSR count). The minimum Gasteiger partial charge on any atom is -0.464 e. The lowest BCUT2D eigenvalue weighted by atomic mass is 10.2. The first-order valence-electron chi connectivity index (χ1n) is 4.21. The molecule has 3 nitrogen and oxygen atoms in total. The zero-order valence-corrected chi connectivity index (χ0v) is 10.1. The second-order valence-corrected chi connectivity index (χ2v) is 4.40. The average molecular weight is 289 g/mol. The van der Waals surface area contributed by atoms with Gasteiger partial charge in [0.05, 0.1) is 10.5 Å². The van der Waals surface area contributed by atoms with Gasteiger partial charge >= 0.3 is 6.09 Å². The van der Waals surface area contributed by atoms with Crippen LogP contribution in [0.4, 0.5) is 4.79 Å². The number of aromatic nitrogens is 1. The molecule has 1 aromatic carbocycles.